The average Bonchev–Trinajstić information content (AvgIpc) is 3.91. The Morgan fingerprint density at radius 2 is 1.22 bits per heavy atom. The van der Waals surface area contributed by atoms with Crippen LogP contribution < -0.4 is 21.3 Å². The lowest BCUT2D eigenvalue weighted by molar-refractivity contribution is -0.135. The number of carbonyl (C=O) groups is 5. The van der Waals surface area contributed by atoms with Gasteiger partial charge in [-0.05, 0) is 68.5 Å². The Labute approximate surface area is 320 Å². The van der Waals surface area contributed by atoms with Crippen molar-refractivity contribution in [2.45, 2.75) is 109 Å². The molecule has 2 aliphatic rings. The fourth-order valence-electron chi connectivity index (χ4n) is 6.68. The first-order valence-electron chi connectivity index (χ1n) is 19.6. The first kappa shape index (κ1) is 42.6. The molecule has 12 heteroatoms. The van der Waals surface area contributed by atoms with Gasteiger partial charge in [0.2, 0.25) is 23.6 Å². The molecule has 0 aromatic heterocycles. The van der Waals surface area contributed by atoms with Crippen molar-refractivity contribution in [3.8, 4) is 0 Å². The average molecular weight is 748 g/mol. The fraction of sp³-hybridized carbons (Fsp3) is 0.595. The third kappa shape index (κ3) is 14.3. The predicted molar refractivity (Wildman–Crippen MR) is 207 cm³/mol. The second-order valence-corrected chi connectivity index (χ2v) is 15.7. The Morgan fingerprint density at radius 1 is 0.704 bits per heavy atom. The van der Waals surface area contributed by atoms with Crippen molar-refractivity contribution in [2.24, 2.45) is 11.8 Å². The van der Waals surface area contributed by atoms with Crippen LogP contribution in [0.3, 0.4) is 0 Å². The van der Waals surface area contributed by atoms with E-state index in [-0.39, 0.29) is 36.4 Å². The number of nitrogens with zero attached hydrogens (tertiary/aromatic N) is 1. The van der Waals surface area contributed by atoms with Gasteiger partial charge in [0, 0.05) is 25.9 Å². The summed E-state index contributed by atoms with van der Waals surface area (Å²) in [6.07, 6.45) is 2.71. The number of amides is 4. The molecule has 0 bridgehead atoms. The number of nitrogens with one attached hydrogen (secondary N) is 4. The van der Waals surface area contributed by atoms with E-state index in [1.165, 1.54) is 0 Å². The number of rotatable bonds is 22. The third-order valence-electron chi connectivity index (χ3n) is 9.89. The van der Waals surface area contributed by atoms with Gasteiger partial charge in [0.05, 0.1) is 25.9 Å². The Kier molecular flexibility index (Phi) is 16.6. The maximum Gasteiger partial charge on any atom is 0.243 e. The number of ketones is 1. The van der Waals surface area contributed by atoms with Gasteiger partial charge in [-0.25, -0.2) is 0 Å². The van der Waals surface area contributed by atoms with Crippen molar-refractivity contribution in [1.29, 1.82) is 0 Å². The van der Waals surface area contributed by atoms with Crippen LogP contribution in [-0.2, 0) is 46.3 Å². The lowest BCUT2D eigenvalue weighted by Crippen LogP contribution is -2.59. The summed E-state index contributed by atoms with van der Waals surface area (Å²) in [5.74, 6) is -1.74. The molecule has 54 heavy (non-hydrogen) atoms. The number of hydrogen-bond donors (Lipinski definition) is 4. The largest absolute Gasteiger partial charge is 0.379 e. The molecule has 12 nitrogen and oxygen atoms in total. The zero-order chi connectivity index (χ0) is 39.1. The maximum absolute atomic E-state index is 14.1. The number of carbonyl (C=O) groups excluding carboxylic acids is 5. The Balaban J connectivity index is 1.48. The molecule has 0 aliphatic carbocycles. The minimum Gasteiger partial charge on any atom is -0.379 e. The summed E-state index contributed by atoms with van der Waals surface area (Å²) in [5.41, 5.74) is 0.927. The number of hydrogen-bond acceptors (Lipinski definition) is 8. The molecule has 3 unspecified atom stereocenters. The van der Waals surface area contributed by atoms with Gasteiger partial charge in [0.15, 0.2) is 5.78 Å². The zero-order valence-electron chi connectivity index (χ0n) is 32.7. The molecule has 0 saturated carbocycles. The molecule has 5 atom stereocenters. The van der Waals surface area contributed by atoms with Crippen molar-refractivity contribution in [3.63, 3.8) is 0 Å². The summed E-state index contributed by atoms with van der Waals surface area (Å²) < 4.78 is 10.8. The van der Waals surface area contributed by atoms with Crippen molar-refractivity contribution in [2.75, 3.05) is 39.5 Å². The molecule has 2 aromatic rings. The highest BCUT2D eigenvalue weighted by Gasteiger charge is 2.50. The topological polar surface area (TPSA) is 158 Å². The van der Waals surface area contributed by atoms with Crippen LogP contribution in [0.25, 0.3) is 0 Å². The van der Waals surface area contributed by atoms with Crippen LogP contribution in [0.1, 0.15) is 77.8 Å². The van der Waals surface area contributed by atoms with E-state index < -0.39 is 47.5 Å². The number of benzene rings is 2. The zero-order valence-corrected chi connectivity index (χ0v) is 32.7. The number of morpholine rings is 1. The number of Topliss-reactive ketones (excluding diaryl/α,β-unsaturated/α-hetero) is 1. The van der Waals surface area contributed by atoms with Crippen LogP contribution in [-0.4, -0.2) is 104 Å². The number of ether oxygens (including phenoxy) is 2. The standard InChI is InChI=1S/C42H61N5O7/c1-29(2)25-34(38(49)42(5)28-54-42)44-41(52)36(27-32-15-10-7-11-16-32)46-40(51)35(26-30(3)4)45-39(50)33(19-18-31-13-8-6-9-14-31)43-37(48)17-12-20-47-21-23-53-24-22-47/h6-11,13-16,29-30,33-36H,12,17-28H2,1-5H3,(H,43,48)(H,44,52)(H,45,50)(H,46,51)/t33-,34?,35?,36-,42?/m0/s1. The van der Waals surface area contributed by atoms with Crippen LogP contribution in [0.15, 0.2) is 60.7 Å². The molecule has 0 radical (unpaired) electrons. The van der Waals surface area contributed by atoms with E-state index in [9.17, 15) is 24.0 Å². The summed E-state index contributed by atoms with van der Waals surface area (Å²) in [6, 6.07) is 15.4. The number of aryl methyl sites for hydroxylation is 1. The van der Waals surface area contributed by atoms with Gasteiger partial charge in [-0.2, -0.15) is 0 Å². The van der Waals surface area contributed by atoms with Crippen LogP contribution in [0.5, 0.6) is 0 Å². The SMILES string of the molecule is CC(C)CC(NC(=O)[C@H](CCc1ccccc1)NC(=O)CCCN1CCOCC1)C(=O)N[C@@H](Cc1ccccc1)C(=O)NC(CC(C)C)C(=O)C1(C)CO1. The lowest BCUT2D eigenvalue weighted by atomic mass is 9.93. The summed E-state index contributed by atoms with van der Waals surface area (Å²) in [4.78, 5) is 70.9. The van der Waals surface area contributed by atoms with Crippen LogP contribution >= 0.6 is 0 Å². The van der Waals surface area contributed by atoms with E-state index in [1.807, 2.05) is 88.4 Å². The van der Waals surface area contributed by atoms with Crippen LogP contribution in [0.4, 0.5) is 0 Å². The smallest absolute Gasteiger partial charge is 0.243 e. The minimum absolute atomic E-state index is 0.0207. The molecule has 296 valence electrons. The van der Waals surface area contributed by atoms with Crippen molar-refractivity contribution in [1.82, 2.24) is 26.2 Å². The quantitative estimate of drug-likeness (QED) is 0.134. The Bertz CT molecular complexity index is 1510. The second kappa shape index (κ2) is 21.1. The summed E-state index contributed by atoms with van der Waals surface area (Å²) >= 11 is 0. The van der Waals surface area contributed by atoms with Gasteiger partial charge in [0.25, 0.3) is 0 Å². The predicted octanol–water partition coefficient (Wildman–Crippen LogP) is 3.36. The molecule has 2 aromatic carbocycles. The summed E-state index contributed by atoms with van der Waals surface area (Å²) in [6.45, 7) is 13.7. The summed E-state index contributed by atoms with van der Waals surface area (Å²) in [7, 11) is 0. The van der Waals surface area contributed by atoms with Gasteiger partial charge >= 0.3 is 0 Å². The highest BCUT2D eigenvalue weighted by molar-refractivity contribution is 5.98. The molecule has 2 heterocycles. The number of epoxide rings is 1. The molecule has 0 spiro atoms. The second-order valence-electron chi connectivity index (χ2n) is 15.7. The highest BCUT2D eigenvalue weighted by Crippen LogP contribution is 2.29. The van der Waals surface area contributed by atoms with E-state index in [4.69, 9.17) is 9.47 Å². The molecule has 2 aliphatic heterocycles. The van der Waals surface area contributed by atoms with E-state index in [2.05, 4.69) is 26.2 Å². The molecule has 4 amide bonds. The monoisotopic (exact) mass is 747 g/mol. The molecule has 4 N–H and O–H groups in total. The molecular formula is C42H61N5O7. The molecule has 4 rings (SSSR count). The highest BCUT2D eigenvalue weighted by atomic mass is 16.6. The minimum atomic E-state index is -1.03. The first-order chi connectivity index (χ1) is 25.8. The Hall–Kier alpha value is -4.13. The maximum atomic E-state index is 14.1. The lowest BCUT2D eigenvalue weighted by Gasteiger charge is -2.28. The normalized spacial score (nSPS) is 19.3. The van der Waals surface area contributed by atoms with Crippen molar-refractivity contribution < 1.29 is 33.4 Å². The van der Waals surface area contributed by atoms with Crippen LogP contribution in [0, 0.1) is 11.8 Å². The fourth-order valence-corrected chi connectivity index (χ4v) is 6.68. The van der Waals surface area contributed by atoms with Crippen molar-refractivity contribution >= 4 is 29.4 Å². The molecule has 2 saturated heterocycles. The van der Waals surface area contributed by atoms with Gasteiger partial charge < -0.3 is 30.7 Å². The van der Waals surface area contributed by atoms with Gasteiger partial charge in [0.1, 0.15) is 23.7 Å². The molecular weight excluding hydrogens is 686 g/mol. The van der Waals surface area contributed by atoms with Gasteiger partial charge in [-0.15, -0.1) is 0 Å². The summed E-state index contributed by atoms with van der Waals surface area (Å²) in [5, 5.41) is 11.7. The Morgan fingerprint density at radius 3 is 1.81 bits per heavy atom. The van der Waals surface area contributed by atoms with Crippen molar-refractivity contribution in [3.05, 3.63) is 71.8 Å². The first-order valence-corrected chi connectivity index (χ1v) is 19.6. The third-order valence-corrected chi connectivity index (χ3v) is 9.89. The molecule has 2 fully saturated rings. The van der Waals surface area contributed by atoms with E-state index in [1.54, 1.807) is 6.92 Å². The van der Waals surface area contributed by atoms with E-state index in [0.717, 1.165) is 30.8 Å². The van der Waals surface area contributed by atoms with E-state index in [0.29, 0.717) is 51.9 Å². The van der Waals surface area contributed by atoms with Gasteiger partial charge in [-0.3, -0.25) is 28.9 Å². The van der Waals surface area contributed by atoms with Crippen LogP contribution in [0.2, 0.25) is 0 Å². The van der Waals surface area contributed by atoms with Gasteiger partial charge in [-0.1, -0.05) is 88.4 Å². The van der Waals surface area contributed by atoms with E-state index >= 15 is 0 Å².